The molecule has 0 saturated carbocycles. The predicted molar refractivity (Wildman–Crippen MR) is 148 cm³/mol. The predicted octanol–water partition coefficient (Wildman–Crippen LogP) is 5.25. The zero-order valence-electron chi connectivity index (χ0n) is 21.3. The topological polar surface area (TPSA) is 82.4 Å². The zero-order chi connectivity index (χ0) is 26.6. The quantitative estimate of drug-likeness (QED) is 0.455. The van der Waals surface area contributed by atoms with Crippen molar-refractivity contribution >= 4 is 34.9 Å². The SMILES string of the molecule is CC(Oc1ccc(Cl)cn1)C1CN(C(=O)C2CCN(c3ccc(C#N)cn3)CC2)CC1C1=CCC(Cl)C=C1. The number of rotatable bonds is 6. The first-order valence-corrected chi connectivity index (χ1v) is 13.9. The van der Waals surface area contributed by atoms with E-state index in [2.05, 4.69) is 40.0 Å². The number of nitrogens with zero attached hydrogens (tertiary/aromatic N) is 5. The number of hydrogen-bond acceptors (Lipinski definition) is 6. The van der Waals surface area contributed by atoms with Crippen LogP contribution in [0.25, 0.3) is 0 Å². The van der Waals surface area contributed by atoms with Crippen LogP contribution in [0.4, 0.5) is 5.82 Å². The fraction of sp³-hybridized carbons (Fsp3) is 0.448. The molecule has 0 aromatic carbocycles. The average molecular weight is 553 g/mol. The maximum absolute atomic E-state index is 13.7. The van der Waals surface area contributed by atoms with E-state index in [0.29, 0.717) is 29.6 Å². The highest BCUT2D eigenvalue weighted by Gasteiger charge is 2.42. The lowest BCUT2D eigenvalue weighted by Gasteiger charge is -2.34. The van der Waals surface area contributed by atoms with Gasteiger partial charge in [-0.2, -0.15) is 5.26 Å². The molecular formula is C29H31Cl2N5O2. The third-order valence-corrected chi connectivity index (χ3v) is 8.38. The highest BCUT2D eigenvalue weighted by molar-refractivity contribution is 6.30. The Labute approximate surface area is 233 Å². The first-order valence-electron chi connectivity index (χ1n) is 13.1. The molecule has 4 unspecified atom stereocenters. The number of likely N-dealkylation sites (tertiary alicyclic amines) is 1. The number of aromatic nitrogens is 2. The minimum Gasteiger partial charge on any atom is -0.474 e. The van der Waals surface area contributed by atoms with Crippen LogP contribution in [0.15, 0.2) is 60.5 Å². The summed E-state index contributed by atoms with van der Waals surface area (Å²) in [6, 6.07) is 9.31. The van der Waals surface area contributed by atoms with E-state index in [9.17, 15) is 4.79 Å². The van der Waals surface area contributed by atoms with Crippen LogP contribution in [0.3, 0.4) is 0 Å². The van der Waals surface area contributed by atoms with E-state index in [-0.39, 0.29) is 35.1 Å². The largest absolute Gasteiger partial charge is 0.474 e. The van der Waals surface area contributed by atoms with Crippen molar-refractivity contribution in [3.05, 3.63) is 71.0 Å². The number of halogens is 2. The molecule has 3 aliphatic rings. The van der Waals surface area contributed by atoms with Crippen LogP contribution in [0, 0.1) is 29.1 Å². The first kappa shape index (κ1) is 26.5. The second kappa shape index (κ2) is 11.8. The fourth-order valence-electron chi connectivity index (χ4n) is 5.69. The van der Waals surface area contributed by atoms with Gasteiger partial charge in [0.25, 0.3) is 0 Å². The molecule has 1 aliphatic carbocycles. The summed E-state index contributed by atoms with van der Waals surface area (Å²) in [6.45, 7) is 4.91. The van der Waals surface area contributed by atoms with Gasteiger partial charge < -0.3 is 14.5 Å². The summed E-state index contributed by atoms with van der Waals surface area (Å²) in [6.07, 6.45) is 11.8. The Morgan fingerprint density at radius 1 is 1.16 bits per heavy atom. The minimum atomic E-state index is -0.140. The number of carbonyl (C=O) groups excluding carboxylic acids is 1. The third-order valence-electron chi connectivity index (χ3n) is 7.84. The van der Waals surface area contributed by atoms with E-state index in [0.717, 1.165) is 38.2 Å². The average Bonchev–Trinajstić information content (AvgIpc) is 3.40. The lowest BCUT2D eigenvalue weighted by atomic mass is 9.83. The van der Waals surface area contributed by atoms with Gasteiger partial charge in [0.05, 0.1) is 16.0 Å². The van der Waals surface area contributed by atoms with Gasteiger partial charge >= 0.3 is 0 Å². The number of alkyl halides is 1. The molecule has 5 rings (SSSR count). The fourth-order valence-corrected chi connectivity index (χ4v) is 5.96. The minimum absolute atomic E-state index is 0.0127. The van der Waals surface area contributed by atoms with E-state index in [4.69, 9.17) is 33.2 Å². The number of amides is 1. The number of allylic oxidation sites excluding steroid dienone is 3. The van der Waals surface area contributed by atoms with Gasteiger partial charge in [-0.1, -0.05) is 29.8 Å². The summed E-state index contributed by atoms with van der Waals surface area (Å²) in [5, 5.41) is 9.59. The highest BCUT2D eigenvalue weighted by atomic mass is 35.5. The lowest BCUT2D eigenvalue weighted by Crippen LogP contribution is -2.42. The van der Waals surface area contributed by atoms with Crippen molar-refractivity contribution in [2.24, 2.45) is 17.8 Å². The Hall–Kier alpha value is -3.08. The van der Waals surface area contributed by atoms with Gasteiger partial charge in [0.2, 0.25) is 11.8 Å². The molecule has 0 N–H and O–H groups in total. The van der Waals surface area contributed by atoms with Crippen molar-refractivity contribution in [2.45, 2.75) is 37.7 Å². The molecule has 0 bridgehead atoms. The molecule has 2 saturated heterocycles. The Morgan fingerprint density at radius 2 is 1.97 bits per heavy atom. The number of piperidine rings is 1. The van der Waals surface area contributed by atoms with E-state index in [1.807, 2.05) is 17.0 Å². The molecule has 0 radical (unpaired) electrons. The van der Waals surface area contributed by atoms with Crippen molar-refractivity contribution in [1.82, 2.24) is 14.9 Å². The molecule has 2 aromatic heterocycles. The third kappa shape index (κ3) is 5.98. The normalized spacial score (nSPS) is 24.6. The summed E-state index contributed by atoms with van der Waals surface area (Å²) in [5.41, 5.74) is 1.77. The van der Waals surface area contributed by atoms with Gasteiger partial charge in [-0.15, -0.1) is 11.6 Å². The van der Waals surface area contributed by atoms with Gasteiger partial charge in [0, 0.05) is 62.4 Å². The number of anilines is 1. The van der Waals surface area contributed by atoms with E-state index >= 15 is 0 Å². The second-order valence-electron chi connectivity index (χ2n) is 10.2. The molecule has 2 aliphatic heterocycles. The molecule has 2 fully saturated rings. The van der Waals surface area contributed by atoms with Crippen molar-refractivity contribution in [1.29, 1.82) is 5.26 Å². The monoisotopic (exact) mass is 551 g/mol. The summed E-state index contributed by atoms with van der Waals surface area (Å²) in [5.74, 6) is 1.89. The van der Waals surface area contributed by atoms with Crippen LogP contribution < -0.4 is 9.64 Å². The lowest BCUT2D eigenvalue weighted by molar-refractivity contribution is -0.135. The molecule has 4 atom stereocenters. The molecule has 2 aromatic rings. The molecule has 7 nitrogen and oxygen atoms in total. The number of carbonyl (C=O) groups is 1. The van der Waals surface area contributed by atoms with E-state index < -0.39 is 0 Å². The van der Waals surface area contributed by atoms with Gasteiger partial charge in [-0.05, 0) is 50.0 Å². The molecule has 4 heterocycles. The number of hydrogen-bond donors (Lipinski definition) is 0. The Morgan fingerprint density at radius 3 is 2.61 bits per heavy atom. The number of nitriles is 1. The summed E-state index contributed by atoms with van der Waals surface area (Å²) < 4.78 is 6.23. The molecule has 9 heteroatoms. The van der Waals surface area contributed by atoms with Crippen LogP contribution in [-0.2, 0) is 4.79 Å². The van der Waals surface area contributed by atoms with Crippen LogP contribution in [-0.4, -0.2) is 58.4 Å². The maximum Gasteiger partial charge on any atom is 0.225 e. The Bertz CT molecular complexity index is 1230. The van der Waals surface area contributed by atoms with Crippen molar-refractivity contribution in [2.75, 3.05) is 31.1 Å². The van der Waals surface area contributed by atoms with E-state index in [1.54, 1.807) is 30.6 Å². The van der Waals surface area contributed by atoms with Gasteiger partial charge in [0.1, 0.15) is 18.0 Å². The summed E-state index contributed by atoms with van der Waals surface area (Å²) in [7, 11) is 0. The maximum atomic E-state index is 13.7. The van der Waals surface area contributed by atoms with Crippen molar-refractivity contribution in [3.63, 3.8) is 0 Å². The van der Waals surface area contributed by atoms with Gasteiger partial charge in [0.15, 0.2) is 0 Å². The van der Waals surface area contributed by atoms with Crippen LogP contribution in [0.2, 0.25) is 5.02 Å². The Balaban J connectivity index is 1.25. The number of ether oxygens (including phenoxy) is 1. The van der Waals surface area contributed by atoms with Crippen LogP contribution in [0.5, 0.6) is 5.88 Å². The first-order chi connectivity index (χ1) is 18.4. The smallest absolute Gasteiger partial charge is 0.225 e. The second-order valence-corrected chi connectivity index (χ2v) is 11.2. The summed E-state index contributed by atoms with van der Waals surface area (Å²) >= 11 is 12.3. The molecule has 0 spiro atoms. The highest BCUT2D eigenvalue weighted by Crippen LogP contribution is 2.37. The van der Waals surface area contributed by atoms with Crippen LogP contribution in [0.1, 0.15) is 31.7 Å². The van der Waals surface area contributed by atoms with Crippen LogP contribution >= 0.6 is 23.2 Å². The molecule has 38 heavy (non-hydrogen) atoms. The molecule has 198 valence electrons. The Kier molecular flexibility index (Phi) is 8.21. The standard InChI is InChI=1S/C29H31Cl2N5O2/c1-19(38-28-9-7-24(31)16-34-28)25-17-36(18-26(25)21-3-5-23(30)6-4-21)29(37)22-10-12-35(13-11-22)27-8-2-20(14-32)15-33-27/h2-5,7-9,15-16,19,22-23,25-26H,6,10-13,17-18H2,1H3. The zero-order valence-corrected chi connectivity index (χ0v) is 22.9. The molecule has 1 amide bonds. The molecular weight excluding hydrogens is 521 g/mol. The van der Waals surface area contributed by atoms with Crippen molar-refractivity contribution in [3.8, 4) is 11.9 Å². The van der Waals surface area contributed by atoms with E-state index in [1.165, 1.54) is 5.57 Å². The van der Waals surface area contributed by atoms with Crippen molar-refractivity contribution < 1.29 is 9.53 Å². The number of pyridine rings is 2. The van der Waals surface area contributed by atoms with Gasteiger partial charge in [-0.3, -0.25) is 4.79 Å². The summed E-state index contributed by atoms with van der Waals surface area (Å²) in [4.78, 5) is 26.6. The van der Waals surface area contributed by atoms with Gasteiger partial charge in [-0.25, -0.2) is 9.97 Å².